The lowest BCUT2D eigenvalue weighted by Crippen LogP contribution is -2.49. The summed E-state index contributed by atoms with van der Waals surface area (Å²) in [6.45, 7) is 2.75. The molecule has 0 saturated carbocycles. The van der Waals surface area contributed by atoms with Crippen molar-refractivity contribution in [1.82, 2.24) is 20.4 Å². The number of benzene rings is 2. The Morgan fingerprint density at radius 1 is 1.14 bits per heavy atom. The molecule has 8 nitrogen and oxygen atoms in total. The largest absolute Gasteiger partial charge is 0.340 e. The SMILES string of the molecule is CC[C@@H](NC(=O)c1ccc2[nH]ncc2c1)C(=O)N1CCc2sc(C(=O)Nc3ccc(F)cc3)cc2C1. The van der Waals surface area contributed by atoms with Crippen LogP contribution < -0.4 is 10.6 Å². The third-order valence-corrected chi connectivity index (χ3v) is 7.45. The molecular weight excluding hydrogens is 481 g/mol. The number of anilines is 1. The van der Waals surface area contributed by atoms with E-state index in [4.69, 9.17) is 0 Å². The summed E-state index contributed by atoms with van der Waals surface area (Å²) in [6, 6.07) is 12.0. The Balaban J connectivity index is 1.24. The molecule has 2 aromatic heterocycles. The Morgan fingerprint density at radius 3 is 2.72 bits per heavy atom. The number of carbonyl (C=O) groups excluding carboxylic acids is 3. The highest BCUT2D eigenvalue weighted by atomic mass is 32.1. The van der Waals surface area contributed by atoms with Gasteiger partial charge in [-0.1, -0.05) is 6.92 Å². The Kier molecular flexibility index (Phi) is 6.51. The molecule has 36 heavy (non-hydrogen) atoms. The Morgan fingerprint density at radius 2 is 1.94 bits per heavy atom. The minimum atomic E-state index is -0.654. The van der Waals surface area contributed by atoms with Crippen molar-refractivity contribution >= 4 is 45.6 Å². The summed E-state index contributed by atoms with van der Waals surface area (Å²) in [7, 11) is 0. The van der Waals surface area contributed by atoms with Crippen LogP contribution >= 0.6 is 11.3 Å². The zero-order valence-electron chi connectivity index (χ0n) is 19.5. The van der Waals surface area contributed by atoms with Crippen molar-refractivity contribution in [1.29, 1.82) is 0 Å². The molecule has 0 radical (unpaired) electrons. The zero-order chi connectivity index (χ0) is 25.2. The smallest absolute Gasteiger partial charge is 0.265 e. The number of nitrogens with zero attached hydrogens (tertiary/aromatic N) is 2. The highest BCUT2D eigenvalue weighted by Gasteiger charge is 2.29. The number of rotatable bonds is 6. The van der Waals surface area contributed by atoms with Gasteiger partial charge in [0.15, 0.2) is 0 Å². The summed E-state index contributed by atoms with van der Waals surface area (Å²) < 4.78 is 13.1. The Labute approximate surface area is 210 Å². The van der Waals surface area contributed by atoms with Crippen molar-refractivity contribution in [3.63, 3.8) is 0 Å². The van der Waals surface area contributed by atoms with Crippen molar-refractivity contribution < 1.29 is 18.8 Å². The van der Waals surface area contributed by atoms with Crippen molar-refractivity contribution in [2.75, 3.05) is 11.9 Å². The fourth-order valence-corrected chi connectivity index (χ4v) is 5.30. The first-order valence-electron chi connectivity index (χ1n) is 11.6. The summed E-state index contributed by atoms with van der Waals surface area (Å²) in [5.41, 5.74) is 2.74. The number of hydrogen-bond donors (Lipinski definition) is 3. The second kappa shape index (κ2) is 9.90. The van der Waals surface area contributed by atoms with Crippen LogP contribution in [-0.4, -0.2) is 45.4 Å². The van der Waals surface area contributed by atoms with Crippen LogP contribution in [0.1, 0.15) is 43.8 Å². The van der Waals surface area contributed by atoms with Gasteiger partial charge in [0.05, 0.1) is 16.6 Å². The normalized spacial score (nSPS) is 13.8. The van der Waals surface area contributed by atoms with Crippen molar-refractivity contribution in [2.24, 2.45) is 0 Å². The Bertz CT molecular complexity index is 1450. The lowest BCUT2D eigenvalue weighted by atomic mass is 10.1. The molecule has 5 rings (SSSR count). The van der Waals surface area contributed by atoms with Crippen LogP contribution in [0.4, 0.5) is 10.1 Å². The van der Waals surface area contributed by atoms with Gasteiger partial charge in [0.1, 0.15) is 11.9 Å². The third kappa shape index (κ3) is 4.85. The van der Waals surface area contributed by atoms with E-state index in [0.29, 0.717) is 42.1 Å². The maximum Gasteiger partial charge on any atom is 0.265 e. The van der Waals surface area contributed by atoms with E-state index in [-0.39, 0.29) is 23.5 Å². The molecule has 0 spiro atoms. The maximum absolute atomic E-state index is 13.3. The number of thiophene rings is 1. The Hall–Kier alpha value is -4.05. The monoisotopic (exact) mass is 505 g/mol. The summed E-state index contributed by atoms with van der Waals surface area (Å²) in [5, 5.41) is 13.3. The summed E-state index contributed by atoms with van der Waals surface area (Å²) >= 11 is 1.40. The van der Waals surface area contributed by atoms with E-state index in [1.807, 2.05) is 6.92 Å². The van der Waals surface area contributed by atoms with Crippen molar-refractivity contribution in [3.8, 4) is 0 Å². The lowest BCUT2D eigenvalue weighted by molar-refractivity contribution is -0.134. The molecule has 1 atom stereocenters. The molecular formula is C26H24FN5O3S. The van der Waals surface area contributed by atoms with E-state index in [1.165, 1.54) is 35.6 Å². The average Bonchev–Trinajstić information content (AvgIpc) is 3.54. The first-order valence-corrected chi connectivity index (χ1v) is 12.4. The molecule has 3 amide bonds. The standard InChI is InChI=1S/C26H24FN5O3S/c1-2-20(30-24(33)15-3-8-21-16(11-15)13-28-31-21)26(35)32-10-9-22-17(14-32)12-23(36-22)25(34)29-19-6-4-18(27)5-7-19/h3-8,11-13,20H,2,9-10,14H2,1H3,(H,28,31)(H,29,34)(H,30,33)/t20-/m1/s1. The maximum atomic E-state index is 13.3. The second-order valence-electron chi connectivity index (χ2n) is 8.64. The van der Waals surface area contributed by atoms with Gasteiger partial charge in [0.25, 0.3) is 11.8 Å². The van der Waals surface area contributed by atoms with E-state index in [2.05, 4.69) is 20.8 Å². The first-order chi connectivity index (χ1) is 17.4. The van der Waals surface area contributed by atoms with Crippen LogP contribution in [0.2, 0.25) is 0 Å². The molecule has 3 N–H and O–H groups in total. The van der Waals surface area contributed by atoms with Gasteiger partial charge in [0.2, 0.25) is 5.91 Å². The predicted octanol–water partition coefficient (Wildman–Crippen LogP) is 4.11. The van der Waals surface area contributed by atoms with Gasteiger partial charge in [0, 0.05) is 34.6 Å². The van der Waals surface area contributed by atoms with Gasteiger partial charge in [-0.25, -0.2) is 4.39 Å². The predicted molar refractivity (Wildman–Crippen MR) is 135 cm³/mol. The number of aromatic nitrogens is 2. The molecule has 0 aliphatic carbocycles. The van der Waals surface area contributed by atoms with E-state index >= 15 is 0 Å². The molecule has 1 aliphatic heterocycles. The highest BCUT2D eigenvalue weighted by Crippen LogP contribution is 2.29. The summed E-state index contributed by atoms with van der Waals surface area (Å²) in [6.07, 6.45) is 2.74. The van der Waals surface area contributed by atoms with Gasteiger partial charge in [-0.05, 0) is 66.9 Å². The van der Waals surface area contributed by atoms with Crippen molar-refractivity contribution in [2.45, 2.75) is 32.4 Å². The van der Waals surface area contributed by atoms with E-state index in [0.717, 1.165) is 21.3 Å². The van der Waals surface area contributed by atoms with Gasteiger partial charge >= 0.3 is 0 Å². The number of aromatic amines is 1. The first kappa shape index (κ1) is 23.7. The summed E-state index contributed by atoms with van der Waals surface area (Å²) in [4.78, 5) is 42.1. The van der Waals surface area contributed by atoms with Gasteiger partial charge in [-0.3, -0.25) is 19.5 Å². The van der Waals surface area contributed by atoms with E-state index < -0.39 is 6.04 Å². The fraction of sp³-hybridized carbons (Fsp3) is 0.231. The van der Waals surface area contributed by atoms with Gasteiger partial charge < -0.3 is 15.5 Å². The number of amides is 3. The number of H-pyrrole nitrogens is 1. The van der Waals surface area contributed by atoms with Crippen LogP contribution in [-0.2, 0) is 17.8 Å². The zero-order valence-corrected chi connectivity index (χ0v) is 20.3. The molecule has 0 bridgehead atoms. The quantitative estimate of drug-likeness (QED) is 0.367. The molecule has 3 heterocycles. The second-order valence-corrected chi connectivity index (χ2v) is 9.77. The molecule has 0 saturated heterocycles. The fourth-order valence-electron chi connectivity index (χ4n) is 4.24. The molecule has 184 valence electrons. The van der Waals surface area contributed by atoms with Crippen molar-refractivity contribution in [3.05, 3.63) is 81.4 Å². The van der Waals surface area contributed by atoms with E-state index in [1.54, 1.807) is 35.4 Å². The van der Waals surface area contributed by atoms with Crippen LogP contribution in [0.3, 0.4) is 0 Å². The van der Waals surface area contributed by atoms with Gasteiger partial charge in [-0.15, -0.1) is 11.3 Å². The minimum Gasteiger partial charge on any atom is -0.340 e. The van der Waals surface area contributed by atoms with Gasteiger partial charge in [-0.2, -0.15) is 5.10 Å². The number of nitrogens with one attached hydrogen (secondary N) is 3. The number of halogens is 1. The molecule has 1 aliphatic rings. The average molecular weight is 506 g/mol. The van der Waals surface area contributed by atoms with E-state index in [9.17, 15) is 18.8 Å². The van der Waals surface area contributed by atoms with Crippen LogP contribution in [0.25, 0.3) is 10.9 Å². The highest BCUT2D eigenvalue weighted by molar-refractivity contribution is 7.14. The van der Waals surface area contributed by atoms with Crippen LogP contribution in [0, 0.1) is 5.82 Å². The summed E-state index contributed by atoms with van der Waals surface area (Å²) in [5.74, 6) is -1.10. The molecule has 10 heteroatoms. The van der Waals surface area contributed by atoms with Crippen LogP contribution in [0.15, 0.2) is 54.7 Å². The lowest BCUT2D eigenvalue weighted by Gasteiger charge is -2.30. The van der Waals surface area contributed by atoms with Crippen LogP contribution in [0.5, 0.6) is 0 Å². The number of carbonyl (C=O) groups is 3. The molecule has 2 aromatic carbocycles. The number of hydrogen-bond acceptors (Lipinski definition) is 5. The molecule has 0 fully saturated rings. The third-order valence-electron chi connectivity index (χ3n) is 6.22. The topological polar surface area (TPSA) is 107 Å². The molecule has 4 aromatic rings. The molecule has 0 unspecified atom stereocenters. The number of fused-ring (bicyclic) bond motifs is 2. The minimum absolute atomic E-state index is 0.149.